The average molecular weight is 505 g/mol. The second-order valence-electron chi connectivity index (χ2n) is 8.90. The number of aliphatic carboxylic acids is 1. The van der Waals surface area contributed by atoms with E-state index in [4.69, 9.17) is 9.72 Å². The molecule has 4 aromatic heterocycles. The van der Waals surface area contributed by atoms with Crippen molar-refractivity contribution in [2.75, 3.05) is 18.0 Å². The van der Waals surface area contributed by atoms with E-state index >= 15 is 0 Å². The van der Waals surface area contributed by atoms with Gasteiger partial charge < -0.3 is 14.7 Å². The van der Waals surface area contributed by atoms with Crippen molar-refractivity contribution in [3.63, 3.8) is 0 Å². The van der Waals surface area contributed by atoms with Crippen LogP contribution in [0.2, 0.25) is 0 Å². The Hall–Kier alpha value is -4.42. The summed E-state index contributed by atoms with van der Waals surface area (Å²) in [5.41, 5.74) is 4.07. The predicted octanol–water partition coefficient (Wildman–Crippen LogP) is 2.08. The SMILES string of the molecule is CCc1nc(-c2nnn(C)c2COc2cc(-n3nccn3)ncn2)ccc1N1CCCC(CC(=O)O)C1. The first-order chi connectivity index (χ1) is 18.0. The topological polar surface area (TPSA) is 150 Å². The molecule has 1 N–H and O–H groups in total. The number of carboxylic acids is 1. The van der Waals surface area contributed by atoms with E-state index in [9.17, 15) is 9.90 Å². The van der Waals surface area contributed by atoms with Crippen LogP contribution in [0.3, 0.4) is 0 Å². The van der Waals surface area contributed by atoms with Gasteiger partial charge in [0, 0.05) is 32.6 Å². The van der Waals surface area contributed by atoms with Crippen molar-refractivity contribution in [2.45, 2.75) is 39.2 Å². The lowest BCUT2D eigenvalue weighted by atomic mass is 9.94. The van der Waals surface area contributed by atoms with Crippen LogP contribution in [0.15, 0.2) is 36.9 Å². The van der Waals surface area contributed by atoms with Gasteiger partial charge in [-0.1, -0.05) is 12.1 Å². The monoisotopic (exact) mass is 504 g/mol. The van der Waals surface area contributed by atoms with Crippen LogP contribution in [0.1, 0.15) is 37.6 Å². The van der Waals surface area contributed by atoms with Crippen LogP contribution in [-0.2, 0) is 24.9 Å². The van der Waals surface area contributed by atoms with Crippen molar-refractivity contribution in [1.82, 2.24) is 44.9 Å². The summed E-state index contributed by atoms with van der Waals surface area (Å²) in [7, 11) is 1.81. The number of aromatic nitrogens is 9. The molecular weight excluding hydrogens is 476 g/mol. The molecule has 1 aliphatic heterocycles. The van der Waals surface area contributed by atoms with Crippen molar-refractivity contribution < 1.29 is 14.6 Å². The number of anilines is 1. The molecule has 1 saturated heterocycles. The predicted molar refractivity (Wildman–Crippen MR) is 132 cm³/mol. The molecular formula is C24H28N10O3. The third kappa shape index (κ3) is 5.39. The van der Waals surface area contributed by atoms with Crippen LogP contribution in [0.25, 0.3) is 17.2 Å². The molecule has 0 aliphatic carbocycles. The first-order valence-corrected chi connectivity index (χ1v) is 12.2. The molecule has 0 bridgehead atoms. The highest BCUT2D eigenvalue weighted by molar-refractivity contribution is 5.67. The molecule has 0 spiro atoms. The molecule has 5 rings (SSSR count). The van der Waals surface area contributed by atoms with Gasteiger partial charge in [0.15, 0.2) is 5.82 Å². The van der Waals surface area contributed by atoms with Crippen molar-refractivity contribution in [3.8, 4) is 23.1 Å². The number of hydrogen-bond donors (Lipinski definition) is 1. The van der Waals surface area contributed by atoms with Gasteiger partial charge in [-0.25, -0.2) is 19.6 Å². The van der Waals surface area contributed by atoms with E-state index in [1.165, 1.54) is 11.1 Å². The summed E-state index contributed by atoms with van der Waals surface area (Å²) in [6.45, 7) is 3.86. The Labute approximate surface area is 213 Å². The largest absolute Gasteiger partial charge is 0.481 e. The molecule has 192 valence electrons. The van der Waals surface area contributed by atoms with Crippen LogP contribution < -0.4 is 9.64 Å². The Bertz CT molecular complexity index is 1370. The summed E-state index contributed by atoms with van der Waals surface area (Å²) in [5, 5.41) is 25.9. The summed E-state index contributed by atoms with van der Waals surface area (Å²) in [4.78, 5) is 28.1. The number of aryl methyl sites for hydroxylation is 2. The minimum atomic E-state index is -0.746. The van der Waals surface area contributed by atoms with Crippen LogP contribution in [0.5, 0.6) is 5.88 Å². The van der Waals surface area contributed by atoms with Gasteiger partial charge in [0.05, 0.1) is 29.5 Å². The maximum atomic E-state index is 11.2. The fourth-order valence-electron chi connectivity index (χ4n) is 4.60. The molecule has 4 aromatic rings. The van der Waals surface area contributed by atoms with Crippen LogP contribution >= 0.6 is 0 Å². The third-order valence-electron chi connectivity index (χ3n) is 6.40. The van der Waals surface area contributed by atoms with Gasteiger partial charge in [-0.2, -0.15) is 10.2 Å². The van der Waals surface area contributed by atoms with Crippen molar-refractivity contribution in [2.24, 2.45) is 13.0 Å². The fourth-order valence-corrected chi connectivity index (χ4v) is 4.60. The van der Waals surface area contributed by atoms with Gasteiger partial charge in [-0.05, 0) is 37.3 Å². The zero-order valence-corrected chi connectivity index (χ0v) is 20.7. The van der Waals surface area contributed by atoms with Gasteiger partial charge in [0.25, 0.3) is 0 Å². The van der Waals surface area contributed by atoms with E-state index in [0.717, 1.165) is 49.4 Å². The molecule has 0 aromatic carbocycles. The van der Waals surface area contributed by atoms with Crippen molar-refractivity contribution >= 4 is 11.7 Å². The molecule has 13 nitrogen and oxygen atoms in total. The maximum Gasteiger partial charge on any atom is 0.303 e. The number of ether oxygens (including phenoxy) is 1. The highest BCUT2D eigenvalue weighted by Crippen LogP contribution is 2.30. The van der Waals surface area contributed by atoms with E-state index in [2.05, 4.69) is 48.4 Å². The second kappa shape index (κ2) is 10.7. The second-order valence-corrected chi connectivity index (χ2v) is 8.90. The minimum absolute atomic E-state index is 0.144. The quantitative estimate of drug-likeness (QED) is 0.357. The number of nitrogens with zero attached hydrogens (tertiary/aromatic N) is 10. The highest BCUT2D eigenvalue weighted by Gasteiger charge is 2.25. The first-order valence-electron chi connectivity index (χ1n) is 12.2. The Morgan fingerprint density at radius 2 is 2.05 bits per heavy atom. The van der Waals surface area contributed by atoms with E-state index in [-0.39, 0.29) is 18.9 Å². The number of rotatable bonds is 9. The lowest BCUT2D eigenvalue weighted by Gasteiger charge is -2.34. The summed E-state index contributed by atoms with van der Waals surface area (Å²) in [6.07, 6.45) is 7.36. The summed E-state index contributed by atoms with van der Waals surface area (Å²) >= 11 is 0. The molecule has 5 heterocycles. The number of piperidine rings is 1. The van der Waals surface area contributed by atoms with Crippen LogP contribution in [-0.4, -0.2) is 69.1 Å². The van der Waals surface area contributed by atoms with Crippen molar-refractivity contribution in [1.29, 1.82) is 0 Å². The van der Waals surface area contributed by atoms with Crippen molar-refractivity contribution in [3.05, 3.63) is 48.3 Å². The Balaban J connectivity index is 1.35. The molecule has 0 amide bonds. The summed E-state index contributed by atoms with van der Waals surface area (Å²) in [5.74, 6) is 0.259. The van der Waals surface area contributed by atoms with Crippen LogP contribution in [0.4, 0.5) is 5.69 Å². The van der Waals surface area contributed by atoms with Gasteiger partial charge in [0.2, 0.25) is 5.88 Å². The van der Waals surface area contributed by atoms with Crippen LogP contribution in [0, 0.1) is 5.92 Å². The Morgan fingerprint density at radius 1 is 1.22 bits per heavy atom. The van der Waals surface area contributed by atoms with Gasteiger partial charge >= 0.3 is 5.97 Å². The molecule has 1 aliphatic rings. The number of carboxylic acid groups (broad SMARTS) is 1. The van der Waals surface area contributed by atoms with Gasteiger partial charge in [-0.3, -0.25) is 4.79 Å². The molecule has 0 radical (unpaired) electrons. The zero-order chi connectivity index (χ0) is 25.8. The minimum Gasteiger partial charge on any atom is -0.481 e. The summed E-state index contributed by atoms with van der Waals surface area (Å²) < 4.78 is 7.61. The van der Waals surface area contributed by atoms with E-state index in [1.54, 1.807) is 30.2 Å². The average Bonchev–Trinajstić information content (AvgIpc) is 3.57. The lowest BCUT2D eigenvalue weighted by molar-refractivity contribution is -0.138. The van der Waals surface area contributed by atoms with E-state index in [0.29, 0.717) is 23.1 Å². The van der Waals surface area contributed by atoms with E-state index in [1.807, 2.05) is 6.07 Å². The molecule has 1 atom stereocenters. The zero-order valence-electron chi connectivity index (χ0n) is 20.7. The summed E-state index contributed by atoms with van der Waals surface area (Å²) in [6, 6.07) is 5.65. The molecule has 13 heteroatoms. The molecule has 1 unspecified atom stereocenters. The number of carbonyl (C=O) groups is 1. The van der Waals surface area contributed by atoms with Gasteiger partial charge in [-0.15, -0.1) is 9.90 Å². The van der Waals surface area contributed by atoms with Gasteiger partial charge in [0.1, 0.15) is 24.3 Å². The first kappa shape index (κ1) is 24.3. The fraction of sp³-hybridized carbons (Fsp3) is 0.417. The normalized spacial score (nSPS) is 15.6. The number of pyridine rings is 1. The smallest absolute Gasteiger partial charge is 0.303 e. The third-order valence-corrected chi connectivity index (χ3v) is 6.40. The Kier molecular flexibility index (Phi) is 7.01. The lowest BCUT2D eigenvalue weighted by Crippen LogP contribution is -2.37. The maximum absolute atomic E-state index is 11.2. The standard InChI is InChI=1S/C24H28N10O3/c1-3-17-19(33-10-4-5-16(13-33)11-23(35)36)7-6-18(29-17)24-20(32(2)31-30-24)14-37-22-12-21(25-15-26-22)34-27-8-9-28-34/h6-9,12,15-16H,3-5,10-11,13-14H2,1-2H3,(H,35,36). The number of hydrogen-bond acceptors (Lipinski definition) is 10. The molecule has 0 saturated carbocycles. The highest BCUT2D eigenvalue weighted by atomic mass is 16.5. The molecule has 1 fully saturated rings. The van der Waals surface area contributed by atoms with E-state index < -0.39 is 5.97 Å². The molecule has 37 heavy (non-hydrogen) atoms. The Morgan fingerprint density at radius 3 is 2.84 bits per heavy atom.